The summed E-state index contributed by atoms with van der Waals surface area (Å²) in [7, 11) is 0. The monoisotopic (exact) mass is 266 g/mol. The first kappa shape index (κ1) is 20.7. The van der Waals surface area contributed by atoms with E-state index in [1.165, 1.54) is 44.9 Å². The molecule has 0 aliphatic rings. The van der Waals surface area contributed by atoms with Crippen LogP contribution in [0.1, 0.15) is 77.6 Å². The molecular weight excluding hydrogens is 239 g/mol. The van der Waals surface area contributed by atoms with E-state index in [9.17, 15) is 9.90 Å². The summed E-state index contributed by atoms with van der Waals surface area (Å²) in [6, 6.07) is 0. The molecule has 0 aromatic carbocycles. The molecule has 0 saturated carbocycles. The van der Waals surface area contributed by atoms with Gasteiger partial charge >= 0.3 is 35.5 Å². The van der Waals surface area contributed by atoms with Gasteiger partial charge in [0.1, 0.15) is 0 Å². The van der Waals surface area contributed by atoms with Gasteiger partial charge in [0.2, 0.25) is 0 Å². The van der Waals surface area contributed by atoms with Gasteiger partial charge < -0.3 is 10.2 Å². The number of carbonyl (C=O) groups is 1. The van der Waals surface area contributed by atoms with E-state index in [1.54, 1.807) is 0 Å². The van der Waals surface area contributed by atoms with E-state index in [1.807, 2.05) is 0 Å². The molecule has 0 aliphatic heterocycles. The van der Waals surface area contributed by atoms with E-state index in [4.69, 9.17) is 5.11 Å². The van der Waals surface area contributed by atoms with Gasteiger partial charge in [-0.05, 0) is 0 Å². The Hall–Kier alpha value is 0.430. The Morgan fingerprint density at radius 3 is 1.89 bits per heavy atom. The second-order valence-electron chi connectivity index (χ2n) is 4.84. The van der Waals surface area contributed by atoms with Gasteiger partial charge in [-0.15, -0.1) is 6.10 Å². The van der Waals surface area contributed by atoms with Crippen LogP contribution in [-0.4, -0.2) is 17.2 Å². The summed E-state index contributed by atoms with van der Waals surface area (Å²) in [5, 5.41) is 19.6. The molecule has 4 heteroatoms. The topological polar surface area (TPSA) is 60.4 Å². The van der Waals surface area contributed by atoms with E-state index in [0.29, 0.717) is 6.42 Å². The first-order valence-corrected chi connectivity index (χ1v) is 7.04. The van der Waals surface area contributed by atoms with E-state index >= 15 is 0 Å². The third-order valence-corrected chi connectivity index (χ3v) is 3.03. The van der Waals surface area contributed by atoms with Crippen LogP contribution in [-0.2, 0) is 4.79 Å². The summed E-state index contributed by atoms with van der Waals surface area (Å²) in [4.78, 5) is 10.3. The Morgan fingerprint density at radius 1 is 1.00 bits per heavy atom. The number of aliphatic carboxylic acids is 1. The Kier molecular flexibility index (Phi) is 17.8. The maximum Gasteiger partial charge on any atom is 1.00 e. The minimum absolute atomic E-state index is 0. The van der Waals surface area contributed by atoms with Crippen molar-refractivity contribution in [3.63, 3.8) is 0 Å². The molecule has 0 spiro atoms. The molecule has 0 aliphatic carbocycles. The van der Waals surface area contributed by atoms with Crippen LogP contribution in [0.5, 0.6) is 0 Å². The molecule has 0 rings (SSSR count). The van der Waals surface area contributed by atoms with Gasteiger partial charge in [0.05, 0.1) is 0 Å². The number of unbranched alkanes of at least 4 members (excludes halogenated alkanes) is 8. The molecule has 0 bridgehead atoms. The molecule has 0 radical (unpaired) electrons. The number of carboxylic acids is 1. The van der Waals surface area contributed by atoms with Crippen LogP contribution in [0.15, 0.2) is 0 Å². The summed E-state index contributed by atoms with van der Waals surface area (Å²) in [5.41, 5.74) is 0. The van der Waals surface area contributed by atoms with Gasteiger partial charge in [-0.1, -0.05) is 71.1 Å². The summed E-state index contributed by atoms with van der Waals surface area (Å²) in [6.45, 7) is 2.22. The van der Waals surface area contributed by atoms with Gasteiger partial charge in [0, 0.05) is 6.42 Å². The van der Waals surface area contributed by atoms with Crippen molar-refractivity contribution in [1.82, 2.24) is 0 Å². The second kappa shape index (κ2) is 15.5. The molecule has 3 nitrogen and oxygen atoms in total. The minimum Gasteiger partial charge on any atom is -0.852 e. The summed E-state index contributed by atoms with van der Waals surface area (Å²) < 4.78 is 0. The number of carboxylic acid groups (broad SMARTS) is 1. The van der Waals surface area contributed by atoms with Crippen LogP contribution in [0.25, 0.3) is 0 Å². The molecular formula is C14H27NaO3. The van der Waals surface area contributed by atoms with Crippen molar-refractivity contribution in [3.05, 3.63) is 0 Å². The molecule has 0 heterocycles. The van der Waals surface area contributed by atoms with Crippen LogP contribution < -0.4 is 34.7 Å². The molecule has 0 amide bonds. The maximum atomic E-state index is 11.2. The third kappa shape index (κ3) is 16.4. The van der Waals surface area contributed by atoms with E-state index < -0.39 is 12.1 Å². The molecule has 102 valence electrons. The average Bonchev–Trinajstić information content (AvgIpc) is 2.26. The summed E-state index contributed by atoms with van der Waals surface area (Å²) in [5.74, 6) is -0.971. The number of hydrogen-bond donors (Lipinski definition) is 1. The zero-order valence-corrected chi connectivity index (χ0v) is 14.1. The van der Waals surface area contributed by atoms with Gasteiger partial charge in [0.25, 0.3) is 0 Å². The van der Waals surface area contributed by atoms with Gasteiger partial charge in [0.15, 0.2) is 0 Å². The minimum atomic E-state index is -0.971. The van der Waals surface area contributed by atoms with Gasteiger partial charge in [-0.3, -0.25) is 4.79 Å². The molecule has 0 aromatic rings. The van der Waals surface area contributed by atoms with Crippen molar-refractivity contribution < 1.29 is 44.6 Å². The van der Waals surface area contributed by atoms with Crippen LogP contribution in [0, 0.1) is 0 Å². The summed E-state index contributed by atoms with van der Waals surface area (Å²) in [6.07, 6.45) is 10.4. The fourth-order valence-corrected chi connectivity index (χ4v) is 1.98. The molecule has 0 aromatic heterocycles. The molecule has 18 heavy (non-hydrogen) atoms. The van der Waals surface area contributed by atoms with Gasteiger partial charge in [-0.25, -0.2) is 0 Å². The average molecular weight is 266 g/mol. The number of hydrogen-bond acceptors (Lipinski definition) is 2. The zero-order valence-electron chi connectivity index (χ0n) is 12.1. The number of rotatable bonds is 12. The second-order valence-corrected chi connectivity index (χ2v) is 4.84. The van der Waals surface area contributed by atoms with Crippen LogP contribution >= 0.6 is 0 Å². The molecule has 1 unspecified atom stereocenters. The van der Waals surface area contributed by atoms with Crippen molar-refractivity contribution in [2.45, 2.75) is 83.7 Å². The van der Waals surface area contributed by atoms with Crippen LogP contribution in [0.3, 0.4) is 0 Å². The Balaban J connectivity index is 0. The Labute approximate surface area is 134 Å². The molecule has 0 fully saturated rings. The zero-order chi connectivity index (χ0) is 12.9. The van der Waals surface area contributed by atoms with E-state index in [0.717, 1.165) is 12.8 Å². The Bertz CT molecular complexity index is 186. The SMILES string of the molecule is CCCCCCCCCCCC([O-])CC(=O)O.[Na+]. The smallest absolute Gasteiger partial charge is 0.852 e. The Morgan fingerprint density at radius 2 is 1.44 bits per heavy atom. The largest absolute Gasteiger partial charge is 1.00 e. The van der Waals surface area contributed by atoms with Crippen molar-refractivity contribution in [1.29, 1.82) is 0 Å². The van der Waals surface area contributed by atoms with E-state index in [2.05, 4.69) is 6.92 Å². The quantitative estimate of drug-likeness (QED) is 0.403. The first-order valence-electron chi connectivity index (χ1n) is 7.04. The fraction of sp³-hybridized carbons (Fsp3) is 0.929. The first-order chi connectivity index (χ1) is 8.16. The predicted octanol–water partition coefficient (Wildman–Crippen LogP) is 0.115. The van der Waals surface area contributed by atoms with Gasteiger partial charge in [-0.2, -0.15) is 0 Å². The standard InChI is InChI=1S/C14H27O3.Na/c1-2-3-4-5-6-7-8-9-10-11-13(15)12-14(16)17;/h13H,2-12H2,1H3,(H,16,17);/q-1;+1. The maximum absolute atomic E-state index is 11.2. The van der Waals surface area contributed by atoms with Crippen LogP contribution in [0.2, 0.25) is 0 Å². The van der Waals surface area contributed by atoms with E-state index in [-0.39, 0.29) is 36.0 Å². The summed E-state index contributed by atoms with van der Waals surface area (Å²) >= 11 is 0. The van der Waals surface area contributed by atoms with Crippen molar-refractivity contribution in [2.24, 2.45) is 0 Å². The molecule has 1 atom stereocenters. The van der Waals surface area contributed by atoms with Crippen molar-refractivity contribution in [3.8, 4) is 0 Å². The fourth-order valence-electron chi connectivity index (χ4n) is 1.98. The molecule has 1 N–H and O–H groups in total. The third-order valence-electron chi connectivity index (χ3n) is 3.03. The predicted molar refractivity (Wildman–Crippen MR) is 67.9 cm³/mol. The van der Waals surface area contributed by atoms with Crippen molar-refractivity contribution >= 4 is 5.97 Å². The van der Waals surface area contributed by atoms with Crippen LogP contribution in [0.4, 0.5) is 0 Å². The van der Waals surface area contributed by atoms with Crippen molar-refractivity contribution in [2.75, 3.05) is 0 Å². The normalized spacial score (nSPS) is 11.9. The molecule has 0 saturated heterocycles.